The molecule has 0 fully saturated rings. The summed E-state index contributed by atoms with van der Waals surface area (Å²) in [5.41, 5.74) is 5.29. The summed E-state index contributed by atoms with van der Waals surface area (Å²) < 4.78 is 13.2. The highest BCUT2D eigenvalue weighted by molar-refractivity contribution is 7.80. The molecule has 1 aromatic heterocycles. The molecule has 1 amide bonds. The minimum Gasteiger partial charge on any atom is -0.332 e. The first kappa shape index (κ1) is 20.6. The van der Waals surface area contributed by atoms with Gasteiger partial charge in [-0.3, -0.25) is 10.1 Å². The lowest BCUT2D eigenvalue weighted by Gasteiger charge is -2.12. The van der Waals surface area contributed by atoms with Gasteiger partial charge in [0.1, 0.15) is 16.9 Å². The van der Waals surface area contributed by atoms with Crippen LogP contribution in [0.25, 0.3) is 16.7 Å². The van der Waals surface area contributed by atoms with Crippen molar-refractivity contribution in [3.8, 4) is 5.69 Å². The van der Waals surface area contributed by atoms with Crippen molar-refractivity contribution in [2.24, 2.45) is 0 Å². The summed E-state index contributed by atoms with van der Waals surface area (Å²) in [6.07, 6.45) is 0.912. The van der Waals surface area contributed by atoms with E-state index in [1.54, 1.807) is 24.3 Å². The fourth-order valence-electron chi connectivity index (χ4n) is 3.11. The van der Waals surface area contributed by atoms with E-state index in [0.29, 0.717) is 28.0 Å². The largest absolute Gasteiger partial charge is 0.332 e. The number of anilines is 1. The van der Waals surface area contributed by atoms with Gasteiger partial charge in [-0.15, -0.1) is 10.2 Å². The van der Waals surface area contributed by atoms with Crippen LogP contribution in [0, 0.1) is 12.7 Å². The molecule has 0 spiro atoms. The summed E-state index contributed by atoms with van der Waals surface area (Å²) in [6, 6.07) is 17.0. The molecular weight excluding hydrogens is 413 g/mol. The molecule has 0 aliphatic rings. The Hall–Kier alpha value is -3.65. The molecule has 1 heterocycles. The number of hydrogen-bond donors (Lipinski definition) is 2. The lowest BCUT2D eigenvalue weighted by atomic mass is 10.1. The van der Waals surface area contributed by atoms with E-state index in [2.05, 4.69) is 27.8 Å². The standard InChI is InChI=1S/C23H20FN5OS/c1-3-15-4-6-16(7-5-15)22(30)26-23(31)25-19-13-21-20(12-14(19)2)27-29(28-21)18-10-8-17(24)9-11-18/h4-13H,3H2,1-2H3,(H2,25,26,30,31). The predicted octanol–water partition coefficient (Wildman–Crippen LogP) is 4.56. The zero-order valence-electron chi connectivity index (χ0n) is 17.0. The highest BCUT2D eigenvalue weighted by Crippen LogP contribution is 2.22. The van der Waals surface area contributed by atoms with Crippen LogP contribution >= 0.6 is 12.2 Å². The Kier molecular flexibility index (Phi) is 5.73. The van der Waals surface area contributed by atoms with E-state index in [1.165, 1.54) is 16.9 Å². The number of benzene rings is 3. The molecule has 0 saturated heterocycles. The molecule has 6 nitrogen and oxygen atoms in total. The summed E-state index contributed by atoms with van der Waals surface area (Å²) in [4.78, 5) is 13.9. The number of aromatic nitrogens is 3. The molecule has 8 heteroatoms. The highest BCUT2D eigenvalue weighted by atomic mass is 32.1. The third-order valence-corrected chi connectivity index (χ3v) is 5.09. The van der Waals surface area contributed by atoms with Crippen LogP contribution < -0.4 is 10.6 Å². The summed E-state index contributed by atoms with van der Waals surface area (Å²) in [7, 11) is 0. The monoisotopic (exact) mass is 433 g/mol. The molecule has 0 bridgehead atoms. The second kappa shape index (κ2) is 8.61. The number of rotatable bonds is 4. The van der Waals surface area contributed by atoms with E-state index in [-0.39, 0.29) is 16.8 Å². The number of nitrogens with zero attached hydrogens (tertiary/aromatic N) is 3. The average molecular weight is 434 g/mol. The highest BCUT2D eigenvalue weighted by Gasteiger charge is 2.12. The molecule has 156 valence electrons. The first-order chi connectivity index (χ1) is 14.9. The van der Waals surface area contributed by atoms with Gasteiger partial charge in [0.15, 0.2) is 5.11 Å². The Bertz CT molecular complexity index is 1270. The molecule has 0 aliphatic heterocycles. The van der Waals surface area contributed by atoms with Gasteiger partial charge in [-0.05, 0) is 85.2 Å². The number of hydrogen-bond acceptors (Lipinski definition) is 4. The van der Waals surface area contributed by atoms with Crippen LogP contribution in [-0.2, 0) is 6.42 Å². The Labute approximate surface area is 184 Å². The van der Waals surface area contributed by atoms with Crippen LogP contribution in [-0.4, -0.2) is 26.0 Å². The second-order valence-corrected chi connectivity index (χ2v) is 7.49. The van der Waals surface area contributed by atoms with Crippen molar-refractivity contribution in [1.82, 2.24) is 20.3 Å². The average Bonchev–Trinajstić information content (AvgIpc) is 3.17. The van der Waals surface area contributed by atoms with Crippen molar-refractivity contribution in [2.45, 2.75) is 20.3 Å². The zero-order chi connectivity index (χ0) is 22.0. The second-order valence-electron chi connectivity index (χ2n) is 7.08. The van der Waals surface area contributed by atoms with Crippen molar-refractivity contribution in [3.63, 3.8) is 0 Å². The van der Waals surface area contributed by atoms with E-state index in [1.807, 2.05) is 31.2 Å². The summed E-state index contributed by atoms with van der Waals surface area (Å²) >= 11 is 5.32. The maximum atomic E-state index is 13.2. The molecule has 4 rings (SSSR count). The molecule has 31 heavy (non-hydrogen) atoms. The van der Waals surface area contributed by atoms with Crippen LogP contribution in [0.5, 0.6) is 0 Å². The maximum Gasteiger partial charge on any atom is 0.257 e. The van der Waals surface area contributed by atoms with E-state index in [0.717, 1.165) is 17.5 Å². The molecule has 0 unspecified atom stereocenters. The Morgan fingerprint density at radius 1 is 1.03 bits per heavy atom. The van der Waals surface area contributed by atoms with Crippen LogP contribution in [0.4, 0.5) is 10.1 Å². The van der Waals surface area contributed by atoms with E-state index in [4.69, 9.17) is 12.2 Å². The molecule has 0 saturated carbocycles. The van der Waals surface area contributed by atoms with E-state index >= 15 is 0 Å². The number of nitrogens with one attached hydrogen (secondary N) is 2. The minimum atomic E-state index is -0.320. The smallest absolute Gasteiger partial charge is 0.257 e. The summed E-state index contributed by atoms with van der Waals surface area (Å²) in [5, 5.41) is 14.9. The number of halogens is 1. The fraction of sp³-hybridized carbons (Fsp3) is 0.130. The van der Waals surface area contributed by atoms with Crippen LogP contribution in [0.15, 0.2) is 60.7 Å². The molecular formula is C23H20FN5OS. The van der Waals surface area contributed by atoms with Gasteiger partial charge in [-0.1, -0.05) is 19.1 Å². The minimum absolute atomic E-state index is 0.193. The first-order valence-electron chi connectivity index (χ1n) is 9.78. The topological polar surface area (TPSA) is 71.8 Å². The number of fused-ring (bicyclic) bond motifs is 1. The third kappa shape index (κ3) is 4.59. The Balaban J connectivity index is 1.50. The summed E-state index contributed by atoms with van der Waals surface area (Å²) in [5.74, 6) is -0.596. The molecule has 2 N–H and O–H groups in total. The van der Waals surface area contributed by atoms with Gasteiger partial charge in [0.2, 0.25) is 0 Å². The van der Waals surface area contributed by atoms with Crippen molar-refractivity contribution < 1.29 is 9.18 Å². The molecule has 0 aliphatic carbocycles. The van der Waals surface area contributed by atoms with Gasteiger partial charge < -0.3 is 5.32 Å². The van der Waals surface area contributed by atoms with Gasteiger partial charge in [-0.25, -0.2) is 4.39 Å². The zero-order valence-corrected chi connectivity index (χ0v) is 17.8. The number of thiocarbonyl (C=S) groups is 1. The van der Waals surface area contributed by atoms with Crippen molar-refractivity contribution in [3.05, 3.63) is 83.2 Å². The summed E-state index contributed by atoms with van der Waals surface area (Å²) in [6.45, 7) is 3.97. The van der Waals surface area contributed by atoms with Crippen molar-refractivity contribution in [1.29, 1.82) is 0 Å². The van der Waals surface area contributed by atoms with Gasteiger partial charge in [-0.2, -0.15) is 4.80 Å². The van der Waals surface area contributed by atoms with Crippen molar-refractivity contribution >= 4 is 40.0 Å². The Morgan fingerprint density at radius 3 is 2.32 bits per heavy atom. The van der Waals surface area contributed by atoms with E-state index < -0.39 is 0 Å². The molecule has 0 radical (unpaired) electrons. The lowest BCUT2D eigenvalue weighted by molar-refractivity contribution is 0.0977. The Morgan fingerprint density at radius 2 is 1.68 bits per heavy atom. The maximum absolute atomic E-state index is 13.2. The lowest BCUT2D eigenvalue weighted by Crippen LogP contribution is -2.34. The molecule has 4 aromatic rings. The van der Waals surface area contributed by atoms with Crippen LogP contribution in [0.2, 0.25) is 0 Å². The normalized spacial score (nSPS) is 10.8. The van der Waals surface area contributed by atoms with E-state index in [9.17, 15) is 9.18 Å². The van der Waals surface area contributed by atoms with Gasteiger partial charge in [0, 0.05) is 11.3 Å². The van der Waals surface area contributed by atoms with Crippen molar-refractivity contribution in [2.75, 3.05) is 5.32 Å². The third-order valence-electron chi connectivity index (χ3n) is 4.88. The number of amides is 1. The number of aryl methyl sites for hydroxylation is 2. The number of carbonyl (C=O) groups is 1. The van der Waals surface area contributed by atoms with Gasteiger partial charge in [0.25, 0.3) is 5.91 Å². The van der Waals surface area contributed by atoms with Gasteiger partial charge in [0.05, 0.1) is 5.69 Å². The first-order valence-corrected chi connectivity index (χ1v) is 10.2. The van der Waals surface area contributed by atoms with Crippen LogP contribution in [0.3, 0.4) is 0 Å². The van der Waals surface area contributed by atoms with Gasteiger partial charge >= 0.3 is 0 Å². The molecule has 3 aromatic carbocycles. The molecule has 0 atom stereocenters. The quantitative estimate of drug-likeness (QED) is 0.462. The van der Waals surface area contributed by atoms with Crippen LogP contribution in [0.1, 0.15) is 28.4 Å². The predicted molar refractivity (Wildman–Crippen MR) is 123 cm³/mol. The SMILES string of the molecule is CCc1ccc(C(=O)NC(=S)Nc2cc3nn(-c4ccc(F)cc4)nc3cc2C)cc1. The number of carbonyl (C=O) groups excluding carboxylic acids is 1. The fourth-order valence-corrected chi connectivity index (χ4v) is 3.32.